The van der Waals surface area contributed by atoms with E-state index in [1.165, 1.54) is 0 Å². The van der Waals surface area contributed by atoms with Gasteiger partial charge >= 0.3 is 6.09 Å². The molecule has 0 radical (unpaired) electrons. The molecule has 142 valence electrons. The number of alkyl carbamates (subject to hydrolysis) is 1. The minimum absolute atomic E-state index is 0.0381. The van der Waals surface area contributed by atoms with Gasteiger partial charge in [0.05, 0.1) is 11.9 Å². The number of carbonyl (C=O) groups excluding carboxylic acids is 1. The first-order valence-electron chi connectivity index (χ1n) is 8.56. The normalized spacial score (nSPS) is 11.9. The maximum Gasteiger partial charge on any atom is 0.407 e. The monoisotopic (exact) mass is 361 g/mol. The number of rotatable bonds is 5. The standard InChI is InChI=1S/C18H27N5O3/c1-17(2,3)22-12-7-8-13(20-11-12)15-21-14(26-23-15)9-10-19-16(24)25-18(4,5)6/h7-8,11,22H,9-10H2,1-6H3,(H,19,24). The molecule has 26 heavy (non-hydrogen) atoms. The summed E-state index contributed by atoms with van der Waals surface area (Å²) < 4.78 is 10.4. The number of nitrogens with one attached hydrogen (secondary N) is 2. The summed E-state index contributed by atoms with van der Waals surface area (Å²) in [6.45, 7) is 12.0. The molecule has 2 aromatic heterocycles. The van der Waals surface area contributed by atoms with Crippen LogP contribution < -0.4 is 10.6 Å². The van der Waals surface area contributed by atoms with Gasteiger partial charge < -0.3 is 19.9 Å². The molecule has 0 atom stereocenters. The minimum Gasteiger partial charge on any atom is -0.444 e. The van der Waals surface area contributed by atoms with Crippen LogP contribution in [0.25, 0.3) is 11.5 Å². The average Bonchev–Trinajstić information content (AvgIpc) is 2.93. The molecule has 8 heteroatoms. The number of amides is 1. The predicted molar refractivity (Wildman–Crippen MR) is 98.8 cm³/mol. The Labute approximate surface area is 153 Å². The smallest absolute Gasteiger partial charge is 0.407 e. The van der Waals surface area contributed by atoms with E-state index in [0.717, 1.165) is 5.69 Å². The summed E-state index contributed by atoms with van der Waals surface area (Å²) in [5.41, 5.74) is 0.983. The summed E-state index contributed by atoms with van der Waals surface area (Å²) in [6, 6.07) is 3.76. The van der Waals surface area contributed by atoms with Crippen molar-refractivity contribution in [2.45, 2.75) is 59.1 Å². The summed E-state index contributed by atoms with van der Waals surface area (Å²) in [4.78, 5) is 20.3. The Kier molecular flexibility index (Phi) is 5.84. The van der Waals surface area contributed by atoms with Crippen LogP contribution in [0.2, 0.25) is 0 Å². The van der Waals surface area contributed by atoms with E-state index in [-0.39, 0.29) is 5.54 Å². The highest BCUT2D eigenvalue weighted by Gasteiger charge is 2.16. The molecule has 0 unspecified atom stereocenters. The van der Waals surface area contributed by atoms with Crippen LogP contribution >= 0.6 is 0 Å². The lowest BCUT2D eigenvalue weighted by molar-refractivity contribution is 0.0527. The van der Waals surface area contributed by atoms with Gasteiger partial charge in [-0.25, -0.2) is 4.79 Å². The molecule has 2 N–H and O–H groups in total. The number of hydrogen-bond donors (Lipinski definition) is 2. The van der Waals surface area contributed by atoms with E-state index in [1.54, 1.807) is 6.20 Å². The number of pyridine rings is 1. The van der Waals surface area contributed by atoms with Gasteiger partial charge in [-0.1, -0.05) is 5.16 Å². The molecule has 0 spiro atoms. The molecular formula is C18H27N5O3. The van der Waals surface area contributed by atoms with Gasteiger partial charge in [0.25, 0.3) is 0 Å². The van der Waals surface area contributed by atoms with Crippen molar-refractivity contribution >= 4 is 11.8 Å². The van der Waals surface area contributed by atoms with E-state index < -0.39 is 11.7 Å². The zero-order valence-electron chi connectivity index (χ0n) is 16.2. The third-order valence-electron chi connectivity index (χ3n) is 2.99. The molecule has 0 saturated heterocycles. The topological polar surface area (TPSA) is 102 Å². The Bertz CT molecular complexity index is 727. The molecule has 8 nitrogen and oxygen atoms in total. The first-order chi connectivity index (χ1) is 12.0. The number of carbonyl (C=O) groups is 1. The molecule has 0 aliphatic rings. The van der Waals surface area contributed by atoms with Gasteiger partial charge in [-0.3, -0.25) is 4.98 Å². The Balaban J connectivity index is 1.88. The van der Waals surface area contributed by atoms with Gasteiger partial charge in [0.1, 0.15) is 11.3 Å². The predicted octanol–water partition coefficient (Wildman–Crippen LogP) is 3.41. The molecule has 2 aromatic rings. The Morgan fingerprint density at radius 3 is 2.50 bits per heavy atom. The lowest BCUT2D eigenvalue weighted by Gasteiger charge is -2.21. The van der Waals surface area contributed by atoms with Gasteiger partial charge in [-0.15, -0.1) is 0 Å². The highest BCUT2D eigenvalue weighted by molar-refractivity contribution is 5.67. The number of ether oxygens (including phenoxy) is 1. The number of anilines is 1. The van der Waals surface area contributed by atoms with Crippen LogP contribution in [-0.2, 0) is 11.2 Å². The zero-order valence-corrected chi connectivity index (χ0v) is 16.2. The van der Waals surface area contributed by atoms with Crippen LogP contribution in [0.1, 0.15) is 47.4 Å². The highest BCUT2D eigenvalue weighted by Crippen LogP contribution is 2.18. The van der Waals surface area contributed by atoms with Crippen molar-refractivity contribution in [3.63, 3.8) is 0 Å². The summed E-state index contributed by atoms with van der Waals surface area (Å²) in [5, 5.41) is 9.93. The van der Waals surface area contributed by atoms with E-state index >= 15 is 0 Å². The quantitative estimate of drug-likeness (QED) is 0.841. The fourth-order valence-corrected chi connectivity index (χ4v) is 2.08. The van der Waals surface area contributed by atoms with Crippen molar-refractivity contribution in [2.24, 2.45) is 0 Å². The van der Waals surface area contributed by atoms with E-state index in [1.807, 2.05) is 32.9 Å². The molecule has 0 aliphatic carbocycles. The van der Waals surface area contributed by atoms with Crippen molar-refractivity contribution in [3.8, 4) is 11.5 Å². The third-order valence-corrected chi connectivity index (χ3v) is 2.99. The lowest BCUT2D eigenvalue weighted by Crippen LogP contribution is -2.33. The van der Waals surface area contributed by atoms with Crippen molar-refractivity contribution in [2.75, 3.05) is 11.9 Å². The lowest BCUT2D eigenvalue weighted by atomic mass is 10.1. The highest BCUT2D eigenvalue weighted by atomic mass is 16.6. The second-order valence-electron chi connectivity index (χ2n) is 8.00. The first-order valence-corrected chi connectivity index (χ1v) is 8.56. The number of nitrogens with zero attached hydrogens (tertiary/aromatic N) is 3. The van der Waals surface area contributed by atoms with Crippen molar-refractivity contribution in [1.29, 1.82) is 0 Å². The van der Waals surface area contributed by atoms with Crippen LogP contribution in [0, 0.1) is 0 Å². The fraction of sp³-hybridized carbons (Fsp3) is 0.556. The first kappa shape index (κ1) is 19.7. The molecule has 2 rings (SSSR count). The molecule has 1 amide bonds. The number of aromatic nitrogens is 3. The van der Waals surface area contributed by atoms with Gasteiger partial charge in [-0.2, -0.15) is 4.98 Å². The Morgan fingerprint density at radius 2 is 1.92 bits per heavy atom. The van der Waals surface area contributed by atoms with Crippen molar-refractivity contribution in [3.05, 3.63) is 24.2 Å². The molecular weight excluding hydrogens is 334 g/mol. The maximum atomic E-state index is 11.6. The van der Waals surface area contributed by atoms with Gasteiger partial charge in [0.15, 0.2) is 0 Å². The second kappa shape index (κ2) is 7.72. The van der Waals surface area contributed by atoms with Crippen LogP contribution in [0.15, 0.2) is 22.9 Å². The largest absolute Gasteiger partial charge is 0.444 e. The Morgan fingerprint density at radius 1 is 1.19 bits per heavy atom. The molecule has 0 aromatic carbocycles. The van der Waals surface area contributed by atoms with Crippen LogP contribution in [0.5, 0.6) is 0 Å². The molecule has 0 saturated carbocycles. The molecule has 0 bridgehead atoms. The van der Waals surface area contributed by atoms with Crippen LogP contribution in [0.3, 0.4) is 0 Å². The molecule has 2 heterocycles. The average molecular weight is 361 g/mol. The van der Waals surface area contributed by atoms with E-state index in [0.29, 0.717) is 30.4 Å². The van der Waals surface area contributed by atoms with E-state index in [4.69, 9.17) is 9.26 Å². The molecule has 0 aliphatic heterocycles. The maximum absolute atomic E-state index is 11.6. The summed E-state index contributed by atoms with van der Waals surface area (Å²) in [6.07, 6.45) is 1.68. The zero-order chi connectivity index (χ0) is 19.4. The van der Waals surface area contributed by atoms with Gasteiger partial charge in [0, 0.05) is 18.5 Å². The summed E-state index contributed by atoms with van der Waals surface area (Å²) in [7, 11) is 0. The van der Waals surface area contributed by atoms with E-state index in [9.17, 15) is 4.79 Å². The Hall–Kier alpha value is -2.64. The fourth-order valence-electron chi connectivity index (χ4n) is 2.08. The third kappa shape index (κ3) is 6.70. The van der Waals surface area contributed by atoms with Crippen molar-refractivity contribution < 1.29 is 14.1 Å². The van der Waals surface area contributed by atoms with Crippen LogP contribution in [0.4, 0.5) is 10.5 Å². The second-order valence-corrected chi connectivity index (χ2v) is 8.00. The summed E-state index contributed by atoms with van der Waals surface area (Å²) >= 11 is 0. The number of hydrogen-bond acceptors (Lipinski definition) is 7. The van der Waals surface area contributed by atoms with Crippen molar-refractivity contribution in [1.82, 2.24) is 20.4 Å². The molecule has 0 fully saturated rings. The van der Waals surface area contributed by atoms with Gasteiger partial charge in [0.2, 0.25) is 11.7 Å². The van der Waals surface area contributed by atoms with Gasteiger partial charge in [-0.05, 0) is 53.7 Å². The van der Waals surface area contributed by atoms with E-state index in [2.05, 4.69) is 46.5 Å². The minimum atomic E-state index is -0.526. The van der Waals surface area contributed by atoms with Crippen LogP contribution in [-0.4, -0.2) is 38.9 Å². The summed E-state index contributed by atoms with van der Waals surface area (Å²) in [5.74, 6) is 0.842. The SMILES string of the molecule is CC(C)(C)Nc1ccc(-c2noc(CCNC(=O)OC(C)(C)C)n2)nc1.